The lowest BCUT2D eigenvalue weighted by Gasteiger charge is -2.08. The lowest BCUT2D eigenvalue weighted by Crippen LogP contribution is -2.28. The van der Waals surface area contributed by atoms with E-state index < -0.39 is 5.91 Å². The summed E-state index contributed by atoms with van der Waals surface area (Å²) < 4.78 is 5.02. The first-order chi connectivity index (χ1) is 11.0. The SMILES string of the molecule is COc1ccc(NC(=O)/C(C#N)=C\NCCNC(C)=O)cc1Cl. The molecule has 0 radical (unpaired) electrons. The molecule has 8 heteroatoms. The molecule has 0 atom stereocenters. The number of nitriles is 1. The minimum atomic E-state index is -0.569. The van der Waals surface area contributed by atoms with E-state index in [-0.39, 0.29) is 11.5 Å². The highest BCUT2D eigenvalue weighted by Crippen LogP contribution is 2.27. The minimum Gasteiger partial charge on any atom is -0.495 e. The van der Waals surface area contributed by atoms with Crippen LogP contribution in [0.5, 0.6) is 5.75 Å². The summed E-state index contributed by atoms with van der Waals surface area (Å²) in [6, 6.07) is 6.55. The smallest absolute Gasteiger partial charge is 0.267 e. The number of ether oxygens (including phenoxy) is 1. The number of benzene rings is 1. The van der Waals surface area contributed by atoms with Gasteiger partial charge in [0.1, 0.15) is 17.4 Å². The molecule has 0 aliphatic carbocycles. The maximum absolute atomic E-state index is 12.0. The second kappa shape index (κ2) is 9.33. The van der Waals surface area contributed by atoms with E-state index >= 15 is 0 Å². The lowest BCUT2D eigenvalue weighted by molar-refractivity contribution is -0.119. The Labute approximate surface area is 139 Å². The summed E-state index contributed by atoms with van der Waals surface area (Å²) in [4.78, 5) is 22.7. The van der Waals surface area contributed by atoms with Gasteiger partial charge in [-0.2, -0.15) is 5.26 Å². The number of hydrogen-bond donors (Lipinski definition) is 3. The molecule has 0 bridgehead atoms. The average Bonchev–Trinajstić information content (AvgIpc) is 2.50. The summed E-state index contributed by atoms with van der Waals surface area (Å²) in [6.07, 6.45) is 1.29. The summed E-state index contributed by atoms with van der Waals surface area (Å²) in [7, 11) is 1.49. The van der Waals surface area contributed by atoms with Crippen LogP contribution >= 0.6 is 11.6 Å². The molecule has 1 aromatic carbocycles. The number of carbonyl (C=O) groups excluding carboxylic acids is 2. The number of amides is 2. The molecule has 1 rings (SSSR count). The fourth-order valence-corrected chi connectivity index (χ4v) is 1.83. The van der Waals surface area contributed by atoms with Gasteiger partial charge in [0, 0.05) is 31.9 Å². The highest BCUT2D eigenvalue weighted by Gasteiger charge is 2.10. The van der Waals surface area contributed by atoms with Crippen LogP contribution in [0.15, 0.2) is 30.0 Å². The van der Waals surface area contributed by atoms with Crippen molar-refractivity contribution in [1.82, 2.24) is 10.6 Å². The number of nitrogens with one attached hydrogen (secondary N) is 3. The van der Waals surface area contributed by atoms with Crippen molar-refractivity contribution in [2.24, 2.45) is 0 Å². The van der Waals surface area contributed by atoms with Crippen molar-refractivity contribution < 1.29 is 14.3 Å². The number of hydrogen-bond acceptors (Lipinski definition) is 5. The summed E-state index contributed by atoms with van der Waals surface area (Å²) in [5.74, 6) is -0.230. The monoisotopic (exact) mass is 336 g/mol. The van der Waals surface area contributed by atoms with E-state index in [1.165, 1.54) is 26.3 Å². The maximum Gasteiger partial charge on any atom is 0.267 e. The predicted molar refractivity (Wildman–Crippen MR) is 87.0 cm³/mol. The van der Waals surface area contributed by atoms with Gasteiger partial charge in [-0.1, -0.05) is 11.6 Å². The Hall–Kier alpha value is -2.72. The molecule has 0 heterocycles. The van der Waals surface area contributed by atoms with Gasteiger partial charge >= 0.3 is 0 Å². The van der Waals surface area contributed by atoms with Crippen LogP contribution in [0.4, 0.5) is 5.69 Å². The first-order valence-electron chi connectivity index (χ1n) is 6.71. The first kappa shape index (κ1) is 18.3. The van der Waals surface area contributed by atoms with Crippen LogP contribution in [-0.4, -0.2) is 32.0 Å². The van der Waals surface area contributed by atoms with Crippen LogP contribution in [0.2, 0.25) is 5.02 Å². The summed E-state index contributed by atoms with van der Waals surface area (Å²) in [5.41, 5.74) is 0.347. The van der Waals surface area contributed by atoms with Gasteiger partial charge in [0.25, 0.3) is 5.91 Å². The van der Waals surface area contributed by atoms with Crippen molar-refractivity contribution in [2.45, 2.75) is 6.92 Å². The van der Waals surface area contributed by atoms with Gasteiger partial charge in [-0.05, 0) is 18.2 Å². The molecular weight excluding hydrogens is 320 g/mol. The van der Waals surface area contributed by atoms with Crippen LogP contribution in [-0.2, 0) is 9.59 Å². The Balaban J connectivity index is 2.61. The van der Waals surface area contributed by atoms with E-state index in [0.29, 0.717) is 29.5 Å². The summed E-state index contributed by atoms with van der Waals surface area (Å²) in [6.45, 7) is 2.19. The zero-order chi connectivity index (χ0) is 17.2. The molecule has 3 N–H and O–H groups in total. The molecule has 122 valence electrons. The molecule has 0 aliphatic rings. The fourth-order valence-electron chi connectivity index (χ4n) is 1.58. The third kappa shape index (κ3) is 6.28. The van der Waals surface area contributed by atoms with Gasteiger partial charge in [-0.25, -0.2) is 0 Å². The van der Waals surface area contributed by atoms with Crippen molar-refractivity contribution >= 4 is 29.1 Å². The Bertz CT molecular complexity index is 653. The molecule has 0 saturated heterocycles. The van der Waals surface area contributed by atoms with E-state index in [0.717, 1.165) is 0 Å². The Morgan fingerprint density at radius 2 is 2.13 bits per heavy atom. The molecule has 23 heavy (non-hydrogen) atoms. The van der Waals surface area contributed by atoms with Crippen molar-refractivity contribution in [3.8, 4) is 11.8 Å². The van der Waals surface area contributed by atoms with Crippen LogP contribution in [0, 0.1) is 11.3 Å². The number of methoxy groups -OCH3 is 1. The first-order valence-corrected chi connectivity index (χ1v) is 7.08. The fraction of sp³-hybridized carbons (Fsp3) is 0.267. The van der Waals surface area contributed by atoms with Gasteiger partial charge in [0.15, 0.2) is 0 Å². The maximum atomic E-state index is 12.0. The third-order valence-electron chi connectivity index (χ3n) is 2.66. The highest BCUT2D eigenvalue weighted by atomic mass is 35.5. The van der Waals surface area contributed by atoms with Gasteiger partial charge in [-0.15, -0.1) is 0 Å². The summed E-state index contributed by atoms with van der Waals surface area (Å²) in [5, 5.41) is 17.3. The molecule has 0 saturated carbocycles. The van der Waals surface area contributed by atoms with E-state index in [1.54, 1.807) is 18.2 Å². The van der Waals surface area contributed by atoms with Gasteiger partial charge in [0.2, 0.25) is 5.91 Å². The number of carbonyl (C=O) groups is 2. The number of halogens is 1. The van der Waals surface area contributed by atoms with Crippen molar-refractivity contribution in [1.29, 1.82) is 5.26 Å². The van der Waals surface area contributed by atoms with E-state index in [1.807, 2.05) is 0 Å². The molecule has 7 nitrogen and oxygen atoms in total. The Morgan fingerprint density at radius 3 is 2.70 bits per heavy atom. The van der Waals surface area contributed by atoms with E-state index in [9.17, 15) is 9.59 Å². The predicted octanol–water partition coefficient (Wildman–Crippen LogP) is 1.42. The van der Waals surface area contributed by atoms with Crippen molar-refractivity contribution in [3.05, 3.63) is 35.0 Å². The van der Waals surface area contributed by atoms with Gasteiger partial charge < -0.3 is 20.7 Å². The van der Waals surface area contributed by atoms with Crippen LogP contribution in [0.25, 0.3) is 0 Å². The molecule has 0 fully saturated rings. The topological polar surface area (TPSA) is 103 Å². The quantitative estimate of drug-likeness (QED) is 0.397. The zero-order valence-corrected chi connectivity index (χ0v) is 13.5. The minimum absolute atomic E-state index is 0.0974. The second-order valence-corrected chi connectivity index (χ2v) is 4.82. The van der Waals surface area contributed by atoms with Crippen molar-refractivity contribution in [3.63, 3.8) is 0 Å². The van der Waals surface area contributed by atoms with Gasteiger partial charge in [-0.3, -0.25) is 9.59 Å². The average molecular weight is 337 g/mol. The number of rotatable bonds is 7. The molecule has 1 aromatic rings. The molecule has 0 spiro atoms. The largest absolute Gasteiger partial charge is 0.495 e. The standard InChI is InChI=1S/C15H17ClN4O3/c1-10(21)19-6-5-18-9-11(8-17)15(22)20-12-3-4-14(23-2)13(16)7-12/h3-4,7,9,18H,5-6H2,1-2H3,(H,19,21)(H,20,22)/b11-9-. The molecule has 0 unspecified atom stereocenters. The Kier molecular flexibility index (Phi) is 7.43. The third-order valence-corrected chi connectivity index (χ3v) is 2.96. The highest BCUT2D eigenvalue weighted by molar-refractivity contribution is 6.32. The van der Waals surface area contributed by atoms with Crippen LogP contribution in [0.3, 0.4) is 0 Å². The number of nitrogens with zero attached hydrogens (tertiary/aromatic N) is 1. The second-order valence-electron chi connectivity index (χ2n) is 4.41. The van der Waals surface area contributed by atoms with Crippen LogP contribution < -0.4 is 20.7 Å². The van der Waals surface area contributed by atoms with Crippen LogP contribution in [0.1, 0.15) is 6.92 Å². The summed E-state index contributed by atoms with van der Waals surface area (Å²) >= 11 is 5.97. The van der Waals surface area contributed by atoms with Gasteiger partial charge in [0.05, 0.1) is 12.1 Å². The molecule has 0 aliphatic heterocycles. The van der Waals surface area contributed by atoms with E-state index in [2.05, 4.69) is 16.0 Å². The molecule has 0 aromatic heterocycles. The molecular formula is C15H17ClN4O3. The lowest BCUT2D eigenvalue weighted by atomic mass is 10.2. The normalized spacial score (nSPS) is 10.4. The Morgan fingerprint density at radius 1 is 1.39 bits per heavy atom. The number of anilines is 1. The van der Waals surface area contributed by atoms with E-state index in [4.69, 9.17) is 21.6 Å². The molecule has 2 amide bonds. The van der Waals surface area contributed by atoms with Crippen molar-refractivity contribution in [2.75, 3.05) is 25.5 Å². The zero-order valence-electron chi connectivity index (χ0n) is 12.8.